The Balaban J connectivity index is 1.98. The molecule has 1 aromatic rings. The van der Waals surface area contributed by atoms with Crippen molar-refractivity contribution >= 4 is 17.8 Å². The molecule has 0 spiro atoms. The largest absolute Gasteiger partial charge is 0.282 e. The number of para-hydroxylation sites is 1. The molecule has 0 bridgehead atoms. The number of hydrogen-bond donors (Lipinski definition) is 1. The zero-order valence-corrected chi connectivity index (χ0v) is 11.1. The van der Waals surface area contributed by atoms with Gasteiger partial charge >= 0.3 is 0 Å². The second-order valence-electron chi connectivity index (χ2n) is 4.89. The maximum Gasteiger partial charge on any atom is 0.282 e. The molecule has 0 radical (unpaired) electrons. The smallest absolute Gasteiger partial charge is 0.267 e. The monoisotopic (exact) mass is 275 g/mol. The van der Waals surface area contributed by atoms with Crippen LogP contribution >= 0.6 is 0 Å². The van der Waals surface area contributed by atoms with E-state index in [-0.39, 0.29) is 11.3 Å². The molecule has 1 amide bonds. The summed E-state index contributed by atoms with van der Waals surface area (Å²) in [6, 6.07) is 5.84. The van der Waals surface area contributed by atoms with Crippen molar-refractivity contribution in [2.45, 2.75) is 32.1 Å². The number of nitrogens with one attached hydrogen (secondary N) is 1. The number of rotatable bonds is 4. The zero-order valence-electron chi connectivity index (χ0n) is 11.1. The number of nitrogens with zero attached hydrogens (tertiary/aromatic N) is 2. The maximum absolute atomic E-state index is 11.9. The molecule has 0 unspecified atom stereocenters. The van der Waals surface area contributed by atoms with Gasteiger partial charge in [0, 0.05) is 12.3 Å². The third-order valence-electron chi connectivity index (χ3n) is 3.45. The van der Waals surface area contributed by atoms with E-state index in [0.717, 1.165) is 12.8 Å². The second kappa shape index (κ2) is 6.79. The maximum atomic E-state index is 11.9. The highest BCUT2D eigenvalue weighted by Crippen LogP contribution is 2.22. The van der Waals surface area contributed by atoms with E-state index in [2.05, 4.69) is 10.5 Å². The molecule has 0 heterocycles. The highest BCUT2D eigenvalue weighted by Gasteiger charge is 2.18. The van der Waals surface area contributed by atoms with E-state index in [1.807, 2.05) is 0 Å². The lowest BCUT2D eigenvalue weighted by atomic mass is 9.90. The van der Waals surface area contributed by atoms with E-state index in [0.29, 0.717) is 5.92 Å². The fourth-order valence-electron chi connectivity index (χ4n) is 2.37. The van der Waals surface area contributed by atoms with Gasteiger partial charge in [0.1, 0.15) is 5.56 Å². The molecule has 0 saturated heterocycles. The van der Waals surface area contributed by atoms with E-state index in [4.69, 9.17) is 0 Å². The molecule has 1 fully saturated rings. The molecule has 0 aromatic heterocycles. The Morgan fingerprint density at radius 2 is 2.00 bits per heavy atom. The lowest BCUT2D eigenvalue weighted by Gasteiger charge is -2.16. The Labute approximate surface area is 117 Å². The van der Waals surface area contributed by atoms with E-state index in [1.54, 1.807) is 12.3 Å². The van der Waals surface area contributed by atoms with Gasteiger partial charge in [0.2, 0.25) is 0 Å². The molecule has 1 N–H and O–H groups in total. The van der Waals surface area contributed by atoms with E-state index < -0.39 is 10.8 Å². The van der Waals surface area contributed by atoms with Crippen molar-refractivity contribution in [1.29, 1.82) is 0 Å². The zero-order chi connectivity index (χ0) is 14.4. The summed E-state index contributed by atoms with van der Waals surface area (Å²) >= 11 is 0. The van der Waals surface area contributed by atoms with Gasteiger partial charge in [-0.1, -0.05) is 31.4 Å². The number of nitro groups is 1. The minimum absolute atomic E-state index is 0.0262. The minimum atomic E-state index is -0.570. The van der Waals surface area contributed by atoms with Gasteiger partial charge in [0.05, 0.1) is 4.92 Å². The number of carbonyl (C=O) groups excluding carboxylic acids is 1. The van der Waals surface area contributed by atoms with Crippen LogP contribution in [0.15, 0.2) is 29.4 Å². The first kappa shape index (κ1) is 14.2. The summed E-state index contributed by atoms with van der Waals surface area (Å²) in [5.74, 6) is -0.154. The normalized spacial score (nSPS) is 16.2. The molecular formula is C14H17N3O3. The molecule has 6 nitrogen and oxygen atoms in total. The lowest BCUT2D eigenvalue weighted by Crippen LogP contribution is -2.20. The summed E-state index contributed by atoms with van der Waals surface area (Å²) in [4.78, 5) is 22.1. The van der Waals surface area contributed by atoms with Crippen LogP contribution in [-0.4, -0.2) is 17.0 Å². The third kappa shape index (κ3) is 3.63. The van der Waals surface area contributed by atoms with Gasteiger partial charge in [-0.2, -0.15) is 5.10 Å². The fraction of sp³-hybridized carbons (Fsp3) is 0.429. The second-order valence-corrected chi connectivity index (χ2v) is 4.89. The molecule has 2 rings (SSSR count). The van der Waals surface area contributed by atoms with Gasteiger partial charge < -0.3 is 0 Å². The van der Waals surface area contributed by atoms with E-state index in [1.165, 1.54) is 37.5 Å². The van der Waals surface area contributed by atoms with E-state index in [9.17, 15) is 14.9 Å². The standard InChI is InChI=1S/C14H17N3O3/c18-14(12-8-4-5-9-13(12)17(19)20)16-15-10-11-6-2-1-3-7-11/h4-5,8-11H,1-3,6-7H2,(H,16,18)/b15-10-. The predicted octanol–water partition coefficient (Wildman–Crippen LogP) is 2.89. The van der Waals surface area contributed by atoms with Crippen LogP contribution in [0.1, 0.15) is 42.5 Å². The number of hydrazone groups is 1. The molecule has 0 atom stereocenters. The van der Waals surface area contributed by atoms with Crippen LogP contribution in [0.2, 0.25) is 0 Å². The van der Waals surface area contributed by atoms with Gasteiger partial charge in [-0.15, -0.1) is 0 Å². The average Bonchev–Trinajstić information content (AvgIpc) is 2.48. The summed E-state index contributed by atoms with van der Waals surface area (Å²) in [5.41, 5.74) is 2.18. The number of hydrogen-bond acceptors (Lipinski definition) is 4. The SMILES string of the molecule is O=C(N/N=C\C1CCCCC1)c1ccccc1[N+](=O)[O-]. The molecule has 1 aliphatic carbocycles. The van der Waals surface area contributed by atoms with E-state index >= 15 is 0 Å². The molecule has 1 aromatic carbocycles. The summed E-state index contributed by atoms with van der Waals surface area (Å²) in [5, 5.41) is 14.8. The van der Waals surface area contributed by atoms with Crippen molar-refractivity contribution < 1.29 is 9.72 Å². The first-order chi connectivity index (χ1) is 9.68. The van der Waals surface area contributed by atoms with Crippen LogP contribution < -0.4 is 5.43 Å². The topological polar surface area (TPSA) is 84.6 Å². The Morgan fingerprint density at radius 1 is 1.30 bits per heavy atom. The number of carbonyl (C=O) groups is 1. The van der Waals surface area contributed by atoms with Crippen molar-refractivity contribution in [1.82, 2.24) is 5.43 Å². The first-order valence-electron chi connectivity index (χ1n) is 6.75. The highest BCUT2D eigenvalue weighted by molar-refractivity contribution is 5.98. The molecule has 1 aliphatic rings. The van der Waals surface area contributed by atoms with Crippen LogP contribution in [0.4, 0.5) is 5.69 Å². The van der Waals surface area contributed by atoms with Gasteiger partial charge in [-0.3, -0.25) is 14.9 Å². The van der Waals surface area contributed by atoms with Crippen LogP contribution in [0.5, 0.6) is 0 Å². The van der Waals surface area contributed by atoms with Crippen LogP contribution in [0.3, 0.4) is 0 Å². The molecular weight excluding hydrogens is 258 g/mol. The number of amides is 1. The molecule has 20 heavy (non-hydrogen) atoms. The molecule has 6 heteroatoms. The Bertz CT molecular complexity index is 522. The summed E-state index contributed by atoms with van der Waals surface area (Å²) in [6.45, 7) is 0. The van der Waals surface area contributed by atoms with Gasteiger partial charge in [0.15, 0.2) is 0 Å². The molecule has 0 aliphatic heterocycles. The van der Waals surface area contributed by atoms with Crippen molar-refractivity contribution in [3.63, 3.8) is 0 Å². The highest BCUT2D eigenvalue weighted by atomic mass is 16.6. The Morgan fingerprint density at radius 3 is 2.70 bits per heavy atom. The summed E-state index contributed by atoms with van der Waals surface area (Å²) in [7, 11) is 0. The quantitative estimate of drug-likeness (QED) is 0.521. The van der Waals surface area contributed by atoms with Crippen LogP contribution in [0.25, 0.3) is 0 Å². The van der Waals surface area contributed by atoms with Crippen molar-refractivity contribution in [3.8, 4) is 0 Å². The predicted molar refractivity (Wildman–Crippen MR) is 75.6 cm³/mol. The van der Waals surface area contributed by atoms with Crippen LogP contribution in [0, 0.1) is 16.0 Å². The van der Waals surface area contributed by atoms with Crippen molar-refractivity contribution in [2.24, 2.45) is 11.0 Å². The van der Waals surface area contributed by atoms with Crippen molar-refractivity contribution in [2.75, 3.05) is 0 Å². The number of nitro benzene ring substituents is 1. The average molecular weight is 275 g/mol. The first-order valence-corrected chi connectivity index (χ1v) is 6.75. The molecule has 106 valence electrons. The van der Waals surface area contributed by atoms with Crippen LogP contribution in [-0.2, 0) is 0 Å². The van der Waals surface area contributed by atoms with Crippen molar-refractivity contribution in [3.05, 3.63) is 39.9 Å². The molecule has 1 saturated carbocycles. The minimum Gasteiger partial charge on any atom is -0.267 e. The summed E-state index contributed by atoms with van der Waals surface area (Å²) in [6.07, 6.45) is 7.55. The van der Waals surface area contributed by atoms with Gasteiger partial charge in [-0.05, 0) is 24.8 Å². The Kier molecular flexibility index (Phi) is 4.81. The lowest BCUT2D eigenvalue weighted by molar-refractivity contribution is -0.385. The number of benzene rings is 1. The van der Waals surface area contributed by atoms with Gasteiger partial charge in [-0.25, -0.2) is 5.43 Å². The fourth-order valence-corrected chi connectivity index (χ4v) is 2.37. The Hall–Kier alpha value is -2.24. The third-order valence-corrected chi connectivity index (χ3v) is 3.45. The van der Waals surface area contributed by atoms with Gasteiger partial charge in [0.25, 0.3) is 11.6 Å². The summed E-state index contributed by atoms with van der Waals surface area (Å²) < 4.78 is 0.